The molecular weight excluding hydrogens is 508 g/mol. The van der Waals surface area contributed by atoms with E-state index >= 15 is 0 Å². The van der Waals surface area contributed by atoms with E-state index in [4.69, 9.17) is 14.2 Å². The summed E-state index contributed by atoms with van der Waals surface area (Å²) in [6, 6.07) is 13.6. The number of allylic oxidation sites excluding steroid dienone is 4. The van der Waals surface area contributed by atoms with Gasteiger partial charge in [-0.3, -0.25) is 0 Å². The van der Waals surface area contributed by atoms with Gasteiger partial charge in [0.05, 0.1) is 21.3 Å². The van der Waals surface area contributed by atoms with Crippen LogP contribution < -0.4 is 29.8 Å². The number of hydrogen-bond acceptors (Lipinski definition) is 3. The molecule has 0 heterocycles. The Labute approximate surface area is 242 Å². The van der Waals surface area contributed by atoms with Crippen LogP contribution in [-0.2, 0) is 0 Å². The summed E-state index contributed by atoms with van der Waals surface area (Å²) in [7, 11) is 2.29. The summed E-state index contributed by atoms with van der Waals surface area (Å²) in [5.74, 6) is 3.06. The number of methoxy groups -OCH3 is 3. The Morgan fingerprint density at radius 2 is 0.825 bits per heavy atom. The van der Waals surface area contributed by atoms with Crippen LogP contribution in [0.5, 0.6) is 17.2 Å². The van der Waals surface area contributed by atoms with Crippen LogP contribution in [-0.4, -0.2) is 29.4 Å². The largest absolute Gasteiger partial charge is 0.497 e. The minimum atomic E-state index is -3.14. The summed E-state index contributed by atoms with van der Waals surface area (Å²) >= 11 is 0. The maximum absolute atomic E-state index is 6.33. The van der Waals surface area contributed by atoms with E-state index in [0.717, 1.165) is 17.2 Å². The lowest BCUT2D eigenvalue weighted by atomic mass is 10.1. The van der Waals surface area contributed by atoms with Crippen molar-refractivity contribution in [1.29, 1.82) is 0 Å². The van der Waals surface area contributed by atoms with Gasteiger partial charge < -0.3 is 14.2 Å². The van der Waals surface area contributed by atoms with E-state index in [-0.39, 0.29) is 5.92 Å². The molecule has 1 aliphatic carbocycles. The summed E-state index contributed by atoms with van der Waals surface area (Å²) < 4.78 is 19.0. The second-order valence-corrected chi connectivity index (χ2v) is 15.3. The molecule has 3 aromatic rings. The summed E-state index contributed by atoms with van der Waals surface area (Å²) in [6.45, 7) is 22.5. The minimum Gasteiger partial charge on any atom is -0.497 e. The zero-order valence-corrected chi connectivity index (χ0v) is 27.8. The standard InChI is InChI=1S/C36H46O3Si/c1-20-14-23(4)33(30(17-20)37-11)40(36-28(9)26(7)27(8)29(36)10,34-24(5)15-21(2)18-31(34)38-12)35-25(6)16-22(3)19-32(35)39-13/h14-19,28H,1-13H3. The van der Waals surface area contributed by atoms with Crippen LogP contribution in [0.1, 0.15) is 61.1 Å². The lowest BCUT2D eigenvalue weighted by Crippen LogP contribution is -2.72. The first-order valence-electron chi connectivity index (χ1n) is 14.2. The molecule has 0 spiro atoms. The van der Waals surface area contributed by atoms with Crippen LogP contribution in [0.15, 0.2) is 58.3 Å². The van der Waals surface area contributed by atoms with Gasteiger partial charge in [-0.05, 0) is 141 Å². The molecule has 0 aromatic heterocycles. The van der Waals surface area contributed by atoms with Crippen LogP contribution in [0.2, 0.25) is 0 Å². The van der Waals surface area contributed by atoms with Gasteiger partial charge in [0.2, 0.25) is 0 Å². The highest BCUT2D eigenvalue weighted by atomic mass is 28.3. The van der Waals surface area contributed by atoms with Gasteiger partial charge in [0.15, 0.2) is 8.07 Å². The topological polar surface area (TPSA) is 27.7 Å². The molecule has 0 N–H and O–H groups in total. The predicted molar refractivity (Wildman–Crippen MR) is 172 cm³/mol. The molecule has 3 aromatic carbocycles. The number of aryl methyl sites for hydroxylation is 6. The van der Waals surface area contributed by atoms with Crippen molar-refractivity contribution in [2.45, 2.75) is 69.2 Å². The van der Waals surface area contributed by atoms with Crippen molar-refractivity contribution in [1.82, 2.24) is 0 Å². The number of ether oxygens (including phenoxy) is 3. The molecule has 3 nitrogen and oxygen atoms in total. The van der Waals surface area contributed by atoms with Crippen molar-refractivity contribution >= 4 is 23.6 Å². The Balaban J connectivity index is 2.47. The van der Waals surface area contributed by atoms with E-state index in [1.807, 2.05) is 21.3 Å². The molecule has 0 bridgehead atoms. The third-order valence-electron chi connectivity index (χ3n) is 9.16. The van der Waals surface area contributed by atoms with Crippen molar-refractivity contribution in [3.8, 4) is 17.2 Å². The smallest absolute Gasteiger partial charge is 0.190 e. The Bertz CT molecular complexity index is 1410. The molecule has 1 aliphatic rings. The Morgan fingerprint density at radius 3 is 1.07 bits per heavy atom. The molecule has 0 saturated carbocycles. The average molecular weight is 555 g/mol. The Kier molecular flexibility index (Phi) is 8.15. The fourth-order valence-electron chi connectivity index (χ4n) is 7.46. The predicted octanol–water partition coefficient (Wildman–Crippen LogP) is 6.87. The Hall–Kier alpha value is -3.24. The molecular formula is C36H46O3Si. The summed E-state index contributed by atoms with van der Waals surface area (Å²) in [4.78, 5) is 0. The molecule has 0 aliphatic heterocycles. The average Bonchev–Trinajstić information content (AvgIpc) is 3.08. The van der Waals surface area contributed by atoms with Gasteiger partial charge in [0.25, 0.3) is 0 Å². The zero-order chi connectivity index (χ0) is 29.7. The third-order valence-corrected chi connectivity index (χ3v) is 14.9. The number of hydrogen-bond donors (Lipinski definition) is 0. The van der Waals surface area contributed by atoms with E-state index in [1.54, 1.807) is 0 Å². The van der Waals surface area contributed by atoms with Crippen molar-refractivity contribution in [2.75, 3.05) is 21.3 Å². The summed E-state index contributed by atoms with van der Waals surface area (Å²) in [6.07, 6.45) is 0. The van der Waals surface area contributed by atoms with Crippen LogP contribution >= 0.6 is 0 Å². The molecule has 40 heavy (non-hydrogen) atoms. The van der Waals surface area contributed by atoms with Crippen molar-refractivity contribution < 1.29 is 14.2 Å². The monoisotopic (exact) mass is 554 g/mol. The van der Waals surface area contributed by atoms with Gasteiger partial charge in [-0.1, -0.05) is 41.5 Å². The molecule has 212 valence electrons. The van der Waals surface area contributed by atoms with Gasteiger partial charge in [-0.25, -0.2) is 0 Å². The molecule has 0 saturated heterocycles. The summed E-state index contributed by atoms with van der Waals surface area (Å²) in [5.41, 5.74) is 11.5. The first-order valence-corrected chi connectivity index (χ1v) is 16.2. The van der Waals surface area contributed by atoms with Crippen molar-refractivity contribution in [3.63, 3.8) is 0 Å². The second kappa shape index (κ2) is 11.0. The van der Waals surface area contributed by atoms with E-state index < -0.39 is 8.07 Å². The highest BCUT2D eigenvalue weighted by molar-refractivity contribution is 7.18. The first-order chi connectivity index (χ1) is 18.8. The van der Waals surface area contributed by atoms with E-state index in [9.17, 15) is 0 Å². The highest BCUT2D eigenvalue weighted by Crippen LogP contribution is 2.45. The highest BCUT2D eigenvalue weighted by Gasteiger charge is 2.54. The van der Waals surface area contributed by atoms with Crippen LogP contribution in [0.25, 0.3) is 0 Å². The van der Waals surface area contributed by atoms with E-state index in [2.05, 4.69) is 106 Å². The van der Waals surface area contributed by atoms with Gasteiger partial charge in [-0.2, -0.15) is 0 Å². The SMILES string of the molecule is COc1cc(C)cc(C)c1[Si](C1=C(C)C(C)=C(C)C1C)(c1c(C)cc(C)cc1OC)c1c(C)cc(C)cc1OC. The normalized spacial score (nSPS) is 15.7. The molecule has 0 fully saturated rings. The maximum Gasteiger partial charge on any atom is 0.190 e. The van der Waals surface area contributed by atoms with Crippen molar-refractivity contribution in [3.05, 3.63) is 91.7 Å². The fraction of sp³-hybridized carbons (Fsp3) is 0.389. The minimum absolute atomic E-state index is 0.257. The molecule has 0 amide bonds. The fourth-order valence-corrected chi connectivity index (χ4v) is 14.3. The van der Waals surface area contributed by atoms with Gasteiger partial charge in [0, 0.05) is 0 Å². The van der Waals surface area contributed by atoms with E-state index in [1.165, 1.54) is 70.9 Å². The van der Waals surface area contributed by atoms with Gasteiger partial charge >= 0.3 is 0 Å². The Morgan fingerprint density at radius 1 is 0.500 bits per heavy atom. The molecule has 1 atom stereocenters. The number of benzene rings is 3. The first kappa shape index (κ1) is 29.7. The van der Waals surface area contributed by atoms with Crippen LogP contribution in [0.4, 0.5) is 0 Å². The quantitative estimate of drug-likeness (QED) is 0.236. The number of rotatable bonds is 7. The van der Waals surface area contributed by atoms with Crippen LogP contribution in [0.3, 0.4) is 0 Å². The van der Waals surface area contributed by atoms with Crippen LogP contribution in [0, 0.1) is 47.5 Å². The van der Waals surface area contributed by atoms with Gasteiger partial charge in [-0.15, -0.1) is 0 Å². The lowest BCUT2D eigenvalue weighted by Gasteiger charge is -2.43. The van der Waals surface area contributed by atoms with E-state index in [0.29, 0.717) is 0 Å². The molecule has 0 radical (unpaired) electrons. The molecule has 4 rings (SSSR count). The third kappa shape index (κ3) is 4.41. The lowest BCUT2D eigenvalue weighted by molar-refractivity contribution is 0.415. The maximum atomic E-state index is 6.33. The van der Waals surface area contributed by atoms with Crippen molar-refractivity contribution in [2.24, 2.45) is 5.92 Å². The zero-order valence-electron chi connectivity index (χ0n) is 26.8. The second-order valence-electron chi connectivity index (χ2n) is 11.8. The van der Waals surface area contributed by atoms with Gasteiger partial charge in [0.1, 0.15) is 17.2 Å². The molecule has 4 heteroatoms. The summed E-state index contributed by atoms with van der Waals surface area (Å²) in [5, 5.41) is 5.32. The molecule has 1 unspecified atom stereocenters.